The van der Waals surface area contributed by atoms with Crippen LogP contribution in [0.1, 0.15) is 17.4 Å². The minimum Gasteiger partial charge on any atom is -0.461 e. The predicted molar refractivity (Wildman–Crippen MR) is 76.1 cm³/mol. The molecular weight excluding hydrogens is 296 g/mol. The van der Waals surface area contributed by atoms with Gasteiger partial charge >= 0.3 is 5.97 Å². The standard InChI is InChI=1S/C13H13ClN4O3/c1-2-21-13(20)11-7-18(17-16-11)8-12(19)15-10-6-4-3-5-9(10)14/h3-7H,2,8H2,1H3,(H,15,19). The summed E-state index contributed by atoms with van der Waals surface area (Å²) in [5.41, 5.74) is 0.567. The van der Waals surface area contributed by atoms with Crippen molar-refractivity contribution in [1.82, 2.24) is 15.0 Å². The first-order valence-corrected chi connectivity index (χ1v) is 6.59. The molecule has 0 fully saturated rings. The third kappa shape index (κ3) is 4.03. The highest BCUT2D eigenvalue weighted by atomic mass is 35.5. The van der Waals surface area contributed by atoms with Crippen LogP contribution in [0.4, 0.5) is 5.69 Å². The van der Waals surface area contributed by atoms with E-state index >= 15 is 0 Å². The van der Waals surface area contributed by atoms with E-state index in [0.717, 1.165) is 0 Å². The van der Waals surface area contributed by atoms with Gasteiger partial charge in [-0.15, -0.1) is 5.10 Å². The summed E-state index contributed by atoms with van der Waals surface area (Å²) in [5, 5.41) is 10.4. The molecule has 1 aromatic carbocycles. The molecule has 1 heterocycles. The van der Waals surface area contributed by atoms with Gasteiger partial charge in [-0.2, -0.15) is 0 Å². The fourth-order valence-electron chi connectivity index (χ4n) is 1.57. The molecule has 0 aliphatic rings. The molecule has 1 N–H and O–H groups in total. The Bertz CT molecular complexity index is 656. The number of amides is 1. The maximum Gasteiger partial charge on any atom is 0.360 e. The van der Waals surface area contributed by atoms with Gasteiger partial charge in [-0.05, 0) is 19.1 Å². The van der Waals surface area contributed by atoms with E-state index < -0.39 is 5.97 Å². The topological polar surface area (TPSA) is 86.1 Å². The SMILES string of the molecule is CCOC(=O)c1cn(CC(=O)Nc2ccccc2Cl)nn1. The number of esters is 1. The first kappa shape index (κ1) is 15.0. The van der Waals surface area contributed by atoms with Crippen LogP contribution in [0.2, 0.25) is 5.02 Å². The van der Waals surface area contributed by atoms with Gasteiger partial charge in [0.15, 0.2) is 5.69 Å². The zero-order chi connectivity index (χ0) is 15.2. The number of benzene rings is 1. The number of hydrogen-bond acceptors (Lipinski definition) is 5. The molecule has 0 atom stereocenters. The van der Waals surface area contributed by atoms with Crippen LogP contribution in [0.3, 0.4) is 0 Å². The van der Waals surface area contributed by atoms with Gasteiger partial charge in [0.1, 0.15) is 6.54 Å². The Kier molecular flexibility index (Phi) is 4.89. The van der Waals surface area contributed by atoms with E-state index in [1.54, 1.807) is 31.2 Å². The van der Waals surface area contributed by atoms with E-state index in [1.807, 2.05) is 0 Å². The van der Waals surface area contributed by atoms with E-state index in [9.17, 15) is 9.59 Å². The molecule has 110 valence electrons. The molecule has 1 amide bonds. The average Bonchev–Trinajstić information content (AvgIpc) is 2.90. The number of nitrogens with zero attached hydrogens (tertiary/aromatic N) is 3. The summed E-state index contributed by atoms with van der Waals surface area (Å²) in [4.78, 5) is 23.3. The number of rotatable bonds is 5. The smallest absolute Gasteiger partial charge is 0.360 e. The van der Waals surface area contributed by atoms with Crippen LogP contribution in [0.5, 0.6) is 0 Å². The summed E-state index contributed by atoms with van der Waals surface area (Å²) in [7, 11) is 0. The van der Waals surface area contributed by atoms with Crippen molar-refractivity contribution in [3.8, 4) is 0 Å². The Hall–Kier alpha value is -2.41. The second-order valence-electron chi connectivity index (χ2n) is 4.05. The van der Waals surface area contributed by atoms with E-state index in [2.05, 4.69) is 15.6 Å². The third-order valence-electron chi connectivity index (χ3n) is 2.48. The summed E-state index contributed by atoms with van der Waals surface area (Å²) in [5.74, 6) is -0.904. The number of ether oxygens (including phenoxy) is 1. The number of halogens is 1. The zero-order valence-corrected chi connectivity index (χ0v) is 12.0. The van der Waals surface area contributed by atoms with Crippen LogP contribution in [0, 0.1) is 0 Å². The number of para-hydroxylation sites is 1. The molecule has 0 aliphatic heterocycles. The Morgan fingerprint density at radius 3 is 2.86 bits per heavy atom. The number of aromatic nitrogens is 3. The lowest BCUT2D eigenvalue weighted by atomic mass is 10.3. The lowest BCUT2D eigenvalue weighted by molar-refractivity contribution is -0.116. The lowest BCUT2D eigenvalue weighted by Crippen LogP contribution is -2.19. The molecule has 21 heavy (non-hydrogen) atoms. The number of anilines is 1. The third-order valence-corrected chi connectivity index (χ3v) is 2.81. The van der Waals surface area contributed by atoms with Crippen molar-refractivity contribution in [3.63, 3.8) is 0 Å². The number of carbonyl (C=O) groups is 2. The minimum atomic E-state index is -0.574. The van der Waals surface area contributed by atoms with Gasteiger partial charge in [0.05, 0.1) is 23.5 Å². The van der Waals surface area contributed by atoms with Crippen molar-refractivity contribution in [1.29, 1.82) is 0 Å². The molecule has 7 nitrogen and oxygen atoms in total. The van der Waals surface area contributed by atoms with Crippen LogP contribution in [0.25, 0.3) is 0 Å². The molecule has 8 heteroatoms. The monoisotopic (exact) mass is 308 g/mol. The van der Waals surface area contributed by atoms with Gasteiger partial charge in [-0.3, -0.25) is 4.79 Å². The maximum atomic E-state index is 11.9. The number of hydrogen-bond donors (Lipinski definition) is 1. The highest BCUT2D eigenvalue weighted by molar-refractivity contribution is 6.33. The highest BCUT2D eigenvalue weighted by Gasteiger charge is 2.13. The molecular formula is C13H13ClN4O3. The first-order chi connectivity index (χ1) is 10.1. The van der Waals surface area contributed by atoms with Gasteiger partial charge in [-0.1, -0.05) is 28.9 Å². The maximum absolute atomic E-state index is 11.9. The number of carbonyl (C=O) groups excluding carboxylic acids is 2. The highest BCUT2D eigenvalue weighted by Crippen LogP contribution is 2.20. The molecule has 0 unspecified atom stereocenters. The van der Waals surface area contributed by atoms with Crippen LogP contribution in [0.15, 0.2) is 30.5 Å². The van der Waals surface area contributed by atoms with Crippen molar-refractivity contribution in [3.05, 3.63) is 41.2 Å². The predicted octanol–water partition coefficient (Wildman–Crippen LogP) is 1.75. The Labute approximate surface area is 125 Å². The van der Waals surface area contributed by atoms with Gasteiger partial charge in [0, 0.05) is 0 Å². The second-order valence-corrected chi connectivity index (χ2v) is 4.46. The Morgan fingerprint density at radius 1 is 1.38 bits per heavy atom. The summed E-state index contributed by atoms with van der Waals surface area (Å²) in [6.07, 6.45) is 1.35. The molecule has 0 spiro atoms. The minimum absolute atomic E-state index is 0.0578. The molecule has 0 aliphatic carbocycles. The van der Waals surface area contributed by atoms with Crippen LogP contribution in [-0.2, 0) is 16.1 Å². The van der Waals surface area contributed by atoms with Crippen LogP contribution in [-0.4, -0.2) is 33.5 Å². The Morgan fingerprint density at radius 2 is 2.14 bits per heavy atom. The fraction of sp³-hybridized carbons (Fsp3) is 0.231. The van der Waals surface area contributed by atoms with E-state index in [1.165, 1.54) is 10.9 Å². The normalized spacial score (nSPS) is 10.2. The molecule has 0 radical (unpaired) electrons. The van der Waals surface area contributed by atoms with Gasteiger partial charge in [-0.25, -0.2) is 9.48 Å². The first-order valence-electron chi connectivity index (χ1n) is 6.21. The van der Waals surface area contributed by atoms with E-state index in [0.29, 0.717) is 10.7 Å². The van der Waals surface area contributed by atoms with Crippen molar-refractivity contribution in [2.45, 2.75) is 13.5 Å². The van der Waals surface area contributed by atoms with Crippen molar-refractivity contribution in [2.75, 3.05) is 11.9 Å². The quantitative estimate of drug-likeness (QED) is 0.850. The lowest BCUT2D eigenvalue weighted by Gasteiger charge is -2.06. The molecule has 2 rings (SSSR count). The molecule has 2 aromatic rings. The van der Waals surface area contributed by atoms with Gasteiger partial charge in [0.25, 0.3) is 0 Å². The van der Waals surface area contributed by atoms with Crippen LogP contribution < -0.4 is 5.32 Å². The molecule has 1 aromatic heterocycles. The summed E-state index contributed by atoms with van der Waals surface area (Å²) < 4.78 is 6.03. The summed E-state index contributed by atoms with van der Waals surface area (Å²) >= 11 is 5.94. The summed E-state index contributed by atoms with van der Waals surface area (Å²) in [6.45, 7) is 1.86. The van der Waals surface area contributed by atoms with Crippen LogP contribution >= 0.6 is 11.6 Å². The summed E-state index contributed by atoms with van der Waals surface area (Å²) in [6, 6.07) is 6.88. The largest absolute Gasteiger partial charge is 0.461 e. The molecule has 0 saturated heterocycles. The molecule has 0 saturated carbocycles. The van der Waals surface area contributed by atoms with Gasteiger partial charge < -0.3 is 10.1 Å². The average molecular weight is 309 g/mol. The van der Waals surface area contributed by atoms with Crippen molar-refractivity contribution < 1.29 is 14.3 Å². The molecule has 0 bridgehead atoms. The second kappa shape index (κ2) is 6.85. The van der Waals surface area contributed by atoms with Crippen molar-refractivity contribution in [2.24, 2.45) is 0 Å². The van der Waals surface area contributed by atoms with E-state index in [4.69, 9.17) is 16.3 Å². The number of nitrogens with one attached hydrogen (secondary N) is 1. The fourth-order valence-corrected chi connectivity index (χ4v) is 1.76. The zero-order valence-electron chi connectivity index (χ0n) is 11.2. The van der Waals surface area contributed by atoms with E-state index in [-0.39, 0.29) is 24.8 Å². The van der Waals surface area contributed by atoms with Gasteiger partial charge in [0.2, 0.25) is 5.91 Å². The Balaban J connectivity index is 1.97. The van der Waals surface area contributed by atoms with Crippen molar-refractivity contribution >= 4 is 29.2 Å².